The molecule has 0 spiro atoms. The number of nitrogens with zero attached hydrogens (tertiary/aromatic N) is 2. The van der Waals surface area contributed by atoms with Crippen LogP contribution in [0.1, 0.15) is 56.3 Å². The smallest absolute Gasteiger partial charge is 0.326 e. The zero-order valence-electron chi connectivity index (χ0n) is 24.8. The number of carboxylic acids is 3. The summed E-state index contributed by atoms with van der Waals surface area (Å²) in [7, 11) is -3.89. The van der Waals surface area contributed by atoms with Gasteiger partial charge in [-0.25, -0.2) is 19.6 Å². The second-order valence-electron chi connectivity index (χ2n) is 11.2. The van der Waals surface area contributed by atoms with E-state index in [1.807, 2.05) is 0 Å². The Labute approximate surface area is 252 Å². The molecule has 0 saturated heterocycles. The van der Waals surface area contributed by atoms with Gasteiger partial charge < -0.3 is 30.1 Å². The second kappa shape index (κ2) is 18.7. The van der Waals surface area contributed by atoms with Crippen LogP contribution in [0.2, 0.25) is 32.2 Å². The van der Waals surface area contributed by atoms with E-state index >= 15 is 0 Å². The molecule has 1 rings (SSSR count). The zero-order chi connectivity index (χ0) is 31.8. The van der Waals surface area contributed by atoms with Gasteiger partial charge in [-0.05, 0) is 63.5 Å². The van der Waals surface area contributed by atoms with E-state index in [2.05, 4.69) is 46.8 Å². The van der Waals surface area contributed by atoms with Gasteiger partial charge in [0.25, 0.3) is 0 Å². The maximum atomic E-state index is 12.3. The first kappa shape index (κ1) is 37.2. The molecule has 0 saturated carbocycles. The number of Topliss-reactive ketones (excluding diaryl/α,β-unsaturated/α-hetero) is 1. The zero-order valence-corrected chi connectivity index (χ0v) is 27.6. The molecule has 0 unspecified atom stereocenters. The summed E-state index contributed by atoms with van der Waals surface area (Å²) in [5, 5.41) is 32.4. The Balaban J connectivity index is 2.39. The number of carbonyl (C=O) groups is 5. The van der Waals surface area contributed by atoms with Crippen molar-refractivity contribution < 1.29 is 43.4 Å². The Morgan fingerprint density at radius 2 is 1.52 bits per heavy atom. The molecule has 1 atom stereocenters. The molecule has 0 bridgehead atoms. The van der Waals surface area contributed by atoms with Crippen molar-refractivity contribution in [2.45, 2.75) is 95.4 Å². The Hall–Kier alpha value is -2.83. The average Bonchev–Trinajstić information content (AvgIpc) is 2.87. The van der Waals surface area contributed by atoms with E-state index in [4.69, 9.17) is 14.3 Å². The third kappa shape index (κ3) is 17.9. The summed E-state index contributed by atoms with van der Waals surface area (Å²) in [6.07, 6.45) is 4.80. The summed E-state index contributed by atoms with van der Waals surface area (Å²) in [4.78, 5) is 65.7. The molecule has 42 heavy (non-hydrogen) atoms. The van der Waals surface area contributed by atoms with Crippen molar-refractivity contribution >= 4 is 58.1 Å². The lowest BCUT2D eigenvalue weighted by molar-refractivity contribution is -0.140. The van der Waals surface area contributed by atoms with Gasteiger partial charge in [-0.3, -0.25) is 14.4 Å². The number of rotatable bonds is 22. The fourth-order valence-electron chi connectivity index (χ4n) is 4.09. The Morgan fingerprint density at radius 3 is 2.12 bits per heavy atom. The van der Waals surface area contributed by atoms with Crippen LogP contribution in [0, 0.1) is 0 Å². The predicted octanol–water partition coefficient (Wildman–Crippen LogP) is 3.44. The van der Waals surface area contributed by atoms with Crippen LogP contribution in [-0.4, -0.2) is 89.6 Å². The largest absolute Gasteiger partial charge is 0.481 e. The molecule has 0 radical (unpaired) electrons. The number of urea groups is 1. The fourth-order valence-corrected chi connectivity index (χ4v) is 15.0. The lowest BCUT2D eigenvalue weighted by Crippen LogP contribution is -2.46. The van der Waals surface area contributed by atoms with Crippen LogP contribution in [0.5, 0.6) is 0 Å². The first-order chi connectivity index (χ1) is 19.6. The number of ketones is 1. The van der Waals surface area contributed by atoms with Crippen LogP contribution in [0.3, 0.4) is 0 Å². The monoisotopic (exact) mass is 644 g/mol. The Morgan fingerprint density at radius 1 is 0.905 bits per heavy atom. The van der Waals surface area contributed by atoms with Gasteiger partial charge in [0.1, 0.15) is 17.6 Å². The van der Waals surface area contributed by atoms with Gasteiger partial charge in [0.05, 0.1) is 5.75 Å². The highest BCUT2D eigenvalue weighted by molar-refractivity contribution is 8.00. The van der Waals surface area contributed by atoms with Gasteiger partial charge in [0.2, 0.25) is 0 Å². The van der Waals surface area contributed by atoms with Gasteiger partial charge >= 0.3 is 23.9 Å². The average molecular weight is 645 g/mol. The summed E-state index contributed by atoms with van der Waals surface area (Å²) in [6, 6.07) is -1.15. The lowest BCUT2D eigenvalue weighted by Gasteiger charge is -2.33. The van der Waals surface area contributed by atoms with E-state index in [0.717, 1.165) is 17.0 Å². The fraction of sp³-hybridized carbons (Fsp3) is 0.654. The maximum absolute atomic E-state index is 12.3. The summed E-state index contributed by atoms with van der Waals surface area (Å²) in [5.74, 6) is -1.88. The number of aryl methyl sites for hydroxylation is 1. The third-order valence-electron chi connectivity index (χ3n) is 6.02. The number of carboxylic acid groups (broad SMARTS) is 3. The molecule has 0 aliphatic heterocycles. The van der Waals surface area contributed by atoms with Crippen LogP contribution in [-0.2, 0) is 35.5 Å². The highest BCUT2D eigenvalue weighted by Crippen LogP contribution is 2.24. The molecule has 0 aliphatic rings. The number of hydrogen-bond acceptors (Lipinski definition) is 9. The van der Waals surface area contributed by atoms with Crippen LogP contribution in [0.25, 0.3) is 0 Å². The summed E-state index contributed by atoms with van der Waals surface area (Å²) in [5.41, 5.74) is 0.790. The van der Waals surface area contributed by atoms with Gasteiger partial charge in [-0.15, -0.1) is 0 Å². The molecular weight excluding hydrogens is 601 g/mol. The standard InChI is InChI=1S/C26H44N4O9SSi2/c1-41(2,14-6-8-24(34)35)39-42(3,4)18-40-17-22-28-15-19(16-29-22)9-10-20(31)11-12-21(25(36)37)30-26(38)27-13-5-7-23(32)33/h15-16,21H,5-14,17-18H2,1-4H3,(H,32,33)(H,34,35)(H,36,37)(H2,27,30,38)/t21-/m0/s1. The van der Waals surface area contributed by atoms with Crippen molar-refractivity contribution in [1.82, 2.24) is 20.6 Å². The third-order valence-corrected chi connectivity index (χ3v) is 16.1. The van der Waals surface area contributed by atoms with Gasteiger partial charge in [0, 0.05) is 50.0 Å². The van der Waals surface area contributed by atoms with Crippen molar-refractivity contribution in [2.24, 2.45) is 0 Å². The van der Waals surface area contributed by atoms with Crippen molar-refractivity contribution in [2.75, 3.05) is 11.9 Å². The maximum Gasteiger partial charge on any atom is 0.326 e. The number of amides is 2. The van der Waals surface area contributed by atoms with Gasteiger partial charge in [-0.2, -0.15) is 11.8 Å². The van der Waals surface area contributed by atoms with Crippen molar-refractivity contribution in [3.63, 3.8) is 0 Å². The number of nitrogens with one attached hydrogen (secondary N) is 2. The van der Waals surface area contributed by atoms with E-state index in [-0.39, 0.29) is 50.9 Å². The molecule has 0 aromatic carbocycles. The first-order valence-electron chi connectivity index (χ1n) is 13.9. The minimum absolute atomic E-state index is 0.0210. The molecule has 236 valence electrons. The minimum Gasteiger partial charge on any atom is -0.481 e. The molecule has 0 fully saturated rings. The summed E-state index contributed by atoms with van der Waals surface area (Å²) >= 11 is 1.71. The minimum atomic E-state index is -1.95. The van der Waals surface area contributed by atoms with Crippen LogP contribution in [0.15, 0.2) is 12.4 Å². The number of aromatic nitrogens is 2. The normalized spacial score (nSPS) is 12.4. The van der Waals surface area contributed by atoms with E-state index in [1.54, 1.807) is 24.2 Å². The summed E-state index contributed by atoms with van der Waals surface area (Å²) < 4.78 is 6.53. The predicted molar refractivity (Wildman–Crippen MR) is 163 cm³/mol. The lowest BCUT2D eigenvalue weighted by atomic mass is 10.0. The van der Waals surface area contributed by atoms with Crippen molar-refractivity contribution in [1.29, 1.82) is 0 Å². The Bertz CT molecular complexity index is 1060. The molecule has 1 aromatic heterocycles. The highest BCUT2D eigenvalue weighted by atomic mass is 32.2. The second-order valence-corrected chi connectivity index (χ2v) is 21.4. The first-order valence-corrected chi connectivity index (χ1v) is 21.3. The van der Waals surface area contributed by atoms with E-state index in [9.17, 15) is 29.1 Å². The summed E-state index contributed by atoms with van der Waals surface area (Å²) in [6.45, 7) is 8.70. The molecule has 1 aromatic rings. The van der Waals surface area contributed by atoms with Gasteiger partial charge in [0.15, 0.2) is 16.6 Å². The van der Waals surface area contributed by atoms with Crippen molar-refractivity contribution in [3.8, 4) is 0 Å². The number of aliphatic carboxylic acids is 3. The van der Waals surface area contributed by atoms with E-state index in [0.29, 0.717) is 24.4 Å². The van der Waals surface area contributed by atoms with E-state index in [1.165, 1.54) is 0 Å². The van der Waals surface area contributed by atoms with Gasteiger partial charge in [-0.1, -0.05) is 0 Å². The molecule has 2 amide bonds. The molecule has 0 aliphatic carbocycles. The van der Waals surface area contributed by atoms with E-state index < -0.39 is 46.6 Å². The van der Waals surface area contributed by atoms with Crippen molar-refractivity contribution in [3.05, 3.63) is 23.8 Å². The topological polar surface area (TPSA) is 205 Å². The number of thioether (sulfide) groups is 1. The highest BCUT2D eigenvalue weighted by Gasteiger charge is 2.32. The molecule has 5 N–H and O–H groups in total. The molecule has 16 heteroatoms. The molecule has 1 heterocycles. The van der Waals surface area contributed by atoms with Crippen LogP contribution in [0.4, 0.5) is 4.79 Å². The molecule has 13 nitrogen and oxygen atoms in total. The quantitative estimate of drug-likeness (QED) is 0.0909. The van der Waals surface area contributed by atoms with Crippen LogP contribution < -0.4 is 10.6 Å². The number of carbonyl (C=O) groups excluding carboxylic acids is 2. The number of hydrogen-bond donors (Lipinski definition) is 5. The van der Waals surface area contributed by atoms with Crippen LogP contribution >= 0.6 is 11.8 Å². The molecular formula is C26H44N4O9SSi2. The SMILES string of the molecule is C[Si](C)(CCCC(=O)O)O[Si](C)(C)CSCc1ncc(CCC(=O)CC[C@H](NC(=O)NCCCC(=O)O)C(=O)O)cn1. The Kier molecular flexibility index (Phi) is 16.5.